The quantitative estimate of drug-likeness (QED) is 0.535. The summed E-state index contributed by atoms with van der Waals surface area (Å²) in [6, 6.07) is 0.0967. The van der Waals surface area contributed by atoms with Crippen LogP contribution in [0.4, 0.5) is 14.6 Å². The Labute approximate surface area is 178 Å². The lowest BCUT2D eigenvalue weighted by Gasteiger charge is -2.31. The summed E-state index contributed by atoms with van der Waals surface area (Å²) in [5, 5.41) is 0.281. The highest BCUT2D eigenvalue weighted by Crippen LogP contribution is 2.40. The molecule has 2 atom stereocenters. The Morgan fingerprint density at radius 2 is 2.00 bits per heavy atom. The SMILES string of the molecule is Fc1c(Cl)ncc2c(N3CCC=CCC3)nc(OC[C@@]34CCCN3C[C@H](F)C4)nc12. The summed E-state index contributed by atoms with van der Waals surface area (Å²) < 4.78 is 34.8. The lowest BCUT2D eigenvalue weighted by Crippen LogP contribution is -2.43. The zero-order valence-corrected chi connectivity index (χ0v) is 17.4. The van der Waals surface area contributed by atoms with Crippen molar-refractivity contribution in [3.63, 3.8) is 0 Å². The number of hydrogen-bond acceptors (Lipinski definition) is 6. The Balaban J connectivity index is 1.49. The highest BCUT2D eigenvalue weighted by atomic mass is 35.5. The first-order valence-electron chi connectivity index (χ1n) is 10.5. The van der Waals surface area contributed by atoms with Gasteiger partial charge in [0.15, 0.2) is 11.0 Å². The highest BCUT2D eigenvalue weighted by Gasteiger charge is 2.49. The average molecular weight is 436 g/mol. The minimum absolute atomic E-state index is 0.0967. The van der Waals surface area contributed by atoms with E-state index in [0.29, 0.717) is 30.8 Å². The maximum atomic E-state index is 14.8. The largest absolute Gasteiger partial charge is 0.461 e. The van der Waals surface area contributed by atoms with E-state index < -0.39 is 12.0 Å². The number of nitrogens with zero attached hydrogens (tertiary/aromatic N) is 5. The lowest BCUT2D eigenvalue weighted by atomic mass is 9.95. The van der Waals surface area contributed by atoms with Crippen molar-refractivity contribution in [2.24, 2.45) is 0 Å². The Hall–Kier alpha value is -2.06. The van der Waals surface area contributed by atoms with Crippen molar-refractivity contribution in [2.75, 3.05) is 37.7 Å². The van der Waals surface area contributed by atoms with E-state index in [9.17, 15) is 8.78 Å². The van der Waals surface area contributed by atoms with Gasteiger partial charge in [0.1, 0.15) is 24.1 Å². The zero-order chi connectivity index (χ0) is 20.7. The van der Waals surface area contributed by atoms with Gasteiger partial charge in [-0.3, -0.25) is 4.90 Å². The Morgan fingerprint density at radius 1 is 1.20 bits per heavy atom. The van der Waals surface area contributed by atoms with Crippen LogP contribution in [-0.4, -0.2) is 64.3 Å². The molecule has 2 aromatic rings. The number of rotatable bonds is 4. The van der Waals surface area contributed by atoms with Crippen molar-refractivity contribution in [2.45, 2.75) is 43.8 Å². The molecule has 0 saturated carbocycles. The van der Waals surface area contributed by atoms with Crippen LogP contribution in [0, 0.1) is 5.82 Å². The second kappa shape index (κ2) is 7.89. The van der Waals surface area contributed by atoms with Crippen LogP contribution >= 0.6 is 11.6 Å². The number of pyridine rings is 1. The third kappa shape index (κ3) is 3.50. The molecule has 2 saturated heterocycles. The fraction of sp³-hybridized carbons (Fsp3) is 0.571. The van der Waals surface area contributed by atoms with Crippen molar-refractivity contribution in [1.29, 1.82) is 0 Å². The number of alkyl halides is 1. The Kier molecular flexibility index (Phi) is 5.23. The predicted octanol–water partition coefficient (Wildman–Crippen LogP) is 3.93. The van der Waals surface area contributed by atoms with Crippen molar-refractivity contribution in [3.05, 3.63) is 29.3 Å². The fourth-order valence-corrected chi connectivity index (χ4v) is 5.11. The molecule has 0 unspecified atom stereocenters. The standard InChI is InChI=1S/C21H24ClF2N5O/c22-18-16(24)17-15(11-25-18)19(28-7-3-1-2-4-8-28)27-20(26-17)30-13-21-6-5-9-29(21)12-14(23)10-21/h1-2,11,14H,3-10,12-13H2/t14-,21+/m1/s1. The number of halogens is 3. The molecule has 160 valence electrons. The van der Waals surface area contributed by atoms with Crippen LogP contribution in [0.15, 0.2) is 18.3 Å². The summed E-state index contributed by atoms with van der Waals surface area (Å²) in [4.78, 5) is 17.2. The van der Waals surface area contributed by atoms with Gasteiger partial charge in [-0.05, 0) is 32.2 Å². The van der Waals surface area contributed by atoms with Crippen LogP contribution in [-0.2, 0) is 0 Å². The summed E-state index contributed by atoms with van der Waals surface area (Å²) in [6.45, 7) is 3.13. The van der Waals surface area contributed by atoms with E-state index in [-0.39, 0.29) is 22.2 Å². The molecular formula is C21H24ClF2N5O. The second-order valence-electron chi connectivity index (χ2n) is 8.35. The molecule has 0 radical (unpaired) electrons. The van der Waals surface area contributed by atoms with Gasteiger partial charge in [-0.15, -0.1) is 0 Å². The highest BCUT2D eigenvalue weighted by molar-refractivity contribution is 6.30. The third-order valence-electron chi connectivity index (χ3n) is 6.43. The summed E-state index contributed by atoms with van der Waals surface area (Å²) in [5.41, 5.74) is -0.221. The number of aromatic nitrogens is 3. The third-order valence-corrected chi connectivity index (χ3v) is 6.69. The van der Waals surface area contributed by atoms with E-state index in [4.69, 9.17) is 16.3 Å². The molecule has 0 aromatic carbocycles. The molecule has 0 N–H and O–H groups in total. The molecular weight excluding hydrogens is 412 g/mol. The predicted molar refractivity (Wildman–Crippen MR) is 111 cm³/mol. The van der Waals surface area contributed by atoms with Gasteiger partial charge in [0.05, 0.1) is 10.9 Å². The molecule has 0 amide bonds. The molecule has 0 spiro atoms. The minimum Gasteiger partial charge on any atom is -0.461 e. The maximum absolute atomic E-state index is 14.8. The summed E-state index contributed by atoms with van der Waals surface area (Å²) in [7, 11) is 0. The number of anilines is 1. The monoisotopic (exact) mass is 435 g/mol. The van der Waals surface area contributed by atoms with E-state index in [1.165, 1.54) is 6.20 Å². The van der Waals surface area contributed by atoms with Gasteiger partial charge in [-0.1, -0.05) is 23.8 Å². The second-order valence-corrected chi connectivity index (χ2v) is 8.71. The topological polar surface area (TPSA) is 54.4 Å². The summed E-state index contributed by atoms with van der Waals surface area (Å²) >= 11 is 5.91. The Bertz CT molecular complexity index is 980. The zero-order valence-electron chi connectivity index (χ0n) is 16.7. The van der Waals surface area contributed by atoms with Crippen LogP contribution in [0.2, 0.25) is 5.15 Å². The maximum Gasteiger partial charge on any atom is 0.319 e. The van der Waals surface area contributed by atoms with Gasteiger partial charge in [0, 0.05) is 32.3 Å². The first kappa shape index (κ1) is 19.9. The van der Waals surface area contributed by atoms with Crippen molar-refractivity contribution >= 4 is 28.3 Å². The van der Waals surface area contributed by atoms with Gasteiger partial charge in [0.2, 0.25) is 0 Å². The molecule has 9 heteroatoms. The first-order valence-corrected chi connectivity index (χ1v) is 10.9. The van der Waals surface area contributed by atoms with E-state index in [0.717, 1.165) is 45.3 Å². The molecule has 5 rings (SSSR count). The molecule has 0 aliphatic carbocycles. The van der Waals surface area contributed by atoms with Crippen LogP contribution in [0.25, 0.3) is 10.9 Å². The molecule has 0 bridgehead atoms. The number of hydrogen-bond donors (Lipinski definition) is 0. The molecule has 3 aliphatic heterocycles. The van der Waals surface area contributed by atoms with Gasteiger partial charge >= 0.3 is 6.01 Å². The van der Waals surface area contributed by atoms with Crippen molar-refractivity contribution in [1.82, 2.24) is 19.9 Å². The molecule has 6 nitrogen and oxygen atoms in total. The van der Waals surface area contributed by atoms with E-state index in [1.807, 2.05) is 0 Å². The first-order chi connectivity index (χ1) is 14.6. The minimum atomic E-state index is -0.839. The van der Waals surface area contributed by atoms with Crippen LogP contribution < -0.4 is 9.64 Å². The molecule has 5 heterocycles. The van der Waals surface area contributed by atoms with Crippen molar-refractivity contribution in [3.8, 4) is 6.01 Å². The number of ether oxygens (including phenoxy) is 1. The van der Waals surface area contributed by atoms with E-state index in [1.54, 1.807) is 0 Å². The van der Waals surface area contributed by atoms with Crippen molar-refractivity contribution < 1.29 is 13.5 Å². The van der Waals surface area contributed by atoms with Gasteiger partial charge in [0.25, 0.3) is 0 Å². The fourth-order valence-electron chi connectivity index (χ4n) is 4.97. The summed E-state index contributed by atoms with van der Waals surface area (Å²) in [6.07, 6.45) is 9.06. The Morgan fingerprint density at radius 3 is 2.80 bits per heavy atom. The normalized spacial score (nSPS) is 26.9. The average Bonchev–Trinajstić information content (AvgIpc) is 3.11. The van der Waals surface area contributed by atoms with Gasteiger partial charge in [-0.2, -0.15) is 9.97 Å². The van der Waals surface area contributed by atoms with Gasteiger partial charge < -0.3 is 9.64 Å². The summed E-state index contributed by atoms with van der Waals surface area (Å²) in [5.74, 6) is -0.0849. The van der Waals surface area contributed by atoms with Gasteiger partial charge in [-0.25, -0.2) is 13.8 Å². The molecule has 2 aromatic heterocycles. The van der Waals surface area contributed by atoms with Crippen LogP contribution in [0.5, 0.6) is 6.01 Å². The lowest BCUT2D eigenvalue weighted by molar-refractivity contribution is 0.107. The van der Waals surface area contributed by atoms with E-state index in [2.05, 4.69) is 36.9 Å². The molecule has 30 heavy (non-hydrogen) atoms. The molecule has 3 aliphatic rings. The molecule has 2 fully saturated rings. The van der Waals surface area contributed by atoms with Crippen LogP contribution in [0.3, 0.4) is 0 Å². The smallest absolute Gasteiger partial charge is 0.319 e. The van der Waals surface area contributed by atoms with Crippen LogP contribution in [0.1, 0.15) is 32.1 Å². The number of fused-ring (bicyclic) bond motifs is 2. The van der Waals surface area contributed by atoms with E-state index >= 15 is 0 Å².